The lowest BCUT2D eigenvalue weighted by atomic mass is 10.1. The molecule has 0 bridgehead atoms. The van der Waals surface area contributed by atoms with E-state index in [1.54, 1.807) is 6.92 Å². The number of nitrogens with zero attached hydrogens (tertiary/aromatic N) is 3. The summed E-state index contributed by atoms with van der Waals surface area (Å²) in [6.45, 7) is 1.67. The van der Waals surface area contributed by atoms with Gasteiger partial charge in [0, 0.05) is 23.9 Å². The summed E-state index contributed by atoms with van der Waals surface area (Å²) < 4.78 is 0. The van der Waals surface area contributed by atoms with Crippen molar-refractivity contribution in [2.75, 3.05) is 5.32 Å². The highest BCUT2D eigenvalue weighted by Crippen LogP contribution is 2.17. The molecule has 0 radical (unpaired) electrons. The zero-order valence-electron chi connectivity index (χ0n) is 10.3. The van der Waals surface area contributed by atoms with Gasteiger partial charge in [-0.2, -0.15) is 0 Å². The minimum Gasteiger partial charge on any atom is -0.290 e. The highest BCUT2D eigenvalue weighted by Gasteiger charge is 2.14. The molecule has 0 aliphatic heterocycles. The Hall–Kier alpha value is -2.54. The first-order valence-electron chi connectivity index (χ1n) is 5.51. The van der Waals surface area contributed by atoms with Crippen LogP contribution in [0.1, 0.15) is 15.9 Å². The Labute approximate surface area is 118 Å². The van der Waals surface area contributed by atoms with Gasteiger partial charge >= 0.3 is 0 Å². The van der Waals surface area contributed by atoms with Crippen molar-refractivity contribution in [3.8, 4) is 0 Å². The van der Waals surface area contributed by atoms with Crippen LogP contribution in [0.15, 0.2) is 30.5 Å². The monoisotopic (exact) mass is 292 g/mol. The van der Waals surface area contributed by atoms with E-state index >= 15 is 0 Å². The predicted octanol–water partition coefficient (Wildman–Crippen LogP) is 2.60. The first-order chi connectivity index (χ1) is 9.45. The summed E-state index contributed by atoms with van der Waals surface area (Å²) in [5.74, 6) is -0.509. The molecule has 0 saturated heterocycles. The third-order valence-corrected chi connectivity index (χ3v) is 2.59. The number of amides is 1. The maximum atomic E-state index is 12.0. The Morgan fingerprint density at radius 1 is 1.40 bits per heavy atom. The maximum absolute atomic E-state index is 12.0. The molecule has 1 aromatic heterocycles. The number of anilines is 1. The molecule has 0 aliphatic rings. The Balaban J connectivity index is 2.27. The first kappa shape index (κ1) is 13.9. The Kier molecular flexibility index (Phi) is 3.90. The largest absolute Gasteiger partial charge is 0.290 e. The summed E-state index contributed by atoms with van der Waals surface area (Å²) in [6.07, 6.45) is 1.39. The summed E-state index contributed by atoms with van der Waals surface area (Å²) in [4.78, 5) is 29.8. The molecule has 8 heteroatoms. The van der Waals surface area contributed by atoms with Gasteiger partial charge in [0.1, 0.15) is 5.15 Å². The van der Waals surface area contributed by atoms with Crippen LogP contribution in [-0.2, 0) is 0 Å². The molecule has 102 valence electrons. The van der Waals surface area contributed by atoms with E-state index in [0.717, 1.165) is 0 Å². The Morgan fingerprint density at radius 2 is 2.15 bits per heavy atom. The molecule has 2 rings (SSSR count). The topological polar surface area (TPSA) is 98.0 Å². The maximum Gasteiger partial charge on any atom is 0.270 e. The quantitative estimate of drug-likeness (QED) is 0.532. The lowest BCUT2D eigenvalue weighted by molar-refractivity contribution is -0.384. The Morgan fingerprint density at radius 3 is 2.80 bits per heavy atom. The van der Waals surface area contributed by atoms with Crippen LogP contribution in [0.3, 0.4) is 0 Å². The molecule has 0 aliphatic carbocycles. The van der Waals surface area contributed by atoms with E-state index in [9.17, 15) is 14.9 Å². The normalized spacial score (nSPS) is 10.1. The van der Waals surface area contributed by atoms with Gasteiger partial charge in [-0.25, -0.2) is 9.97 Å². The van der Waals surface area contributed by atoms with Crippen molar-refractivity contribution >= 4 is 29.1 Å². The number of nitrogens with one attached hydrogen (secondary N) is 1. The fourth-order valence-electron chi connectivity index (χ4n) is 1.57. The number of carbonyl (C=O) groups excluding carboxylic acids is 1. The lowest BCUT2D eigenvalue weighted by Gasteiger charge is -2.04. The summed E-state index contributed by atoms with van der Waals surface area (Å²) in [5, 5.41) is 13.4. The van der Waals surface area contributed by atoms with Crippen LogP contribution in [0.4, 0.5) is 11.6 Å². The van der Waals surface area contributed by atoms with Crippen LogP contribution in [0.5, 0.6) is 0 Å². The van der Waals surface area contributed by atoms with Crippen LogP contribution in [0.2, 0.25) is 5.15 Å². The van der Waals surface area contributed by atoms with Crippen molar-refractivity contribution in [2.24, 2.45) is 0 Å². The van der Waals surface area contributed by atoms with Gasteiger partial charge in [-0.1, -0.05) is 11.6 Å². The van der Waals surface area contributed by atoms with Crippen molar-refractivity contribution in [1.82, 2.24) is 9.97 Å². The van der Waals surface area contributed by atoms with Gasteiger partial charge < -0.3 is 0 Å². The van der Waals surface area contributed by atoms with Gasteiger partial charge in [-0.05, 0) is 24.6 Å². The number of non-ortho nitro benzene ring substituents is 1. The average Bonchev–Trinajstić information content (AvgIpc) is 2.37. The van der Waals surface area contributed by atoms with E-state index in [2.05, 4.69) is 15.3 Å². The molecule has 20 heavy (non-hydrogen) atoms. The molecule has 2 aromatic rings. The van der Waals surface area contributed by atoms with Gasteiger partial charge in [-0.15, -0.1) is 0 Å². The fourth-order valence-corrected chi connectivity index (χ4v) is 1.71. The summed E-state index contributed by atoms with van der Waals surface area (Å²) in [6, 6.07) is 5.57. The second-order valence-electron chi connectivity index (χ2n) is 3.97. The van der Waals surface area contributed by atoms with Gasteiger partial charge in [0.15, 0.2) is 0 Å². The van der Waals surface area contributed by atoms with E-state index in [1.807, 2.05) is 0 Å². The molecule has 0 unspecified atom stereocenters. The van der Waals surface area contributed by atoms with Crippen molar-refractivity contribution < 1.29 is 9.72 Å². The average molecular weight is 293 g/mol. The number of nitro benzene ring substituents is 1. The minimum atomic E-state index is -0.556. The number of aromatic nitrogens is 2. The zero-order valence-corrected chi connectivity index (χ0v) is 11.1. The fraction of sp³-hybridized carbons (Fsp3) is 0.0833. The van der Waals surface area contributed by atoms with E-state index in [0.29, 0.717) is 5.56 Å². The molecular formula is C12H9ClN4O3. The van der Waals surface area contributed by atoms with E-state index in [1.165, 1.54) is 30.5 Å². The number of aryl methyl sites for hydroxylation is 1. The molecule has 0 spiro atoms. The minimum absolute atomic E-state index is 0.0339. The van der Waals surface area contributed by atoms with Crippen LogP contribution in [0, 0.1) is 17.0 Å². The Bertz CT molecular complexity index is 690. The van der Waals surface area contributed by atoms with Crippen molar-refractivity contribution in [3.63, 3.8) is 0 Å². The van der Waals surface area contributed by atoms with Gasteiger partial charge in [-0.3, -0.25) is 20.2 Å². The number of hydrogen-bond donors (Lipinski definition) is 1. The van der Waals surface area contributed by atoms with E-state index in [-0.39, 0.29) is 22.4 Å². The molecule has 0 saturated carbocycles. The highest BCUT2D eigenvalue weighted by molar-refractivity contribution is 6.29. The van der Waals surface area contributed by atoms with Crippen LogP contribution < -0.4 is 5.32 Å². The second kappa shape index (κ2) is 5.62. The van der Waals surface area contributed by atoms with Gasteiger partial charge in [0.2, 0.25) is 5.95 Å². The molecular weight excluding hydrogens is 284 g/mol. The van der Waals surface area contributed by atoms with Crippen molar-refractivity contribution in [3.05, 3.63) is 56.9 Å². The number of carbonyl (C=O) groups is 1. The third kappa shape index (κ3) is 3.27. The van der Waals surface area contributed by atoms with Gasteiger partial charge in [0.05, 0.1) is 4.92 Å². The number of rotatable bonds is 3. The number of benzene rings is 1. The number of nitro groups is 1. The molecule has 7 nitrogen and oxygen atoms in total. The SMILES string of the molecule is Cc1cc(C(=O)Nc2nccc(Cl)n2)cc([N+](=O)[O-])c1. The predicted molar refractivity (Wildman–Crippen MR) is 72.8 cm³/mol. The van der Waals surface area contributed by atoms with Crippen LogP contribution in [0.25, 0.3) is 0 Å². The molecule has 0 fully saturated rings. The smallest absolute Gasteiger partial charge is 0.270 e. The molecule has 0 atom stereocenters. The van der Waals surface area contributed by atoms with Crippen molar-refractivity contribution in [2.45, 2.75) is 6.92 Å². The molecule has 1 aromatic carbocycles. The first-order valence-corrected chi connectivity index (χ1v) is 5.89. The highest BCUT2D eigenvalue weighted by atomic mass is 35.5. The summed E-state index contributed by atoms with van der Waals surface area (Å²) in [7, 11) is 0. The standard InChI is InChI=1S/C12H9ClN4O3/c1-7-4-8(6-9(5-7)17(19)20)11(18)16-12-14-3-2-10(13)15-12/h2-6H,1H3,(H,14,15,16,18). The van der Waals surface area contributed by atoms with Crippen LogP contribution >= 0.6 is 11.6 Å². The van der Waals surface area contributed by atoms with Crippen LogP contribution in [-0.4, -0.2) is 20.8 Å². The number of hydrogen-bond acceptors (Lipinski definition) is 5. The molecule has 1 amide bonds. The number of halogens is 1. The van der Waals surface area contributed by atoms with Gasteiger partial charge in [0.25, 0.3) is 11.6 Å². The summed E-state index contributed by atoms with van der Waals surface area (Å²) in [5.41, 5.74) is 0.610. The zero-order chi connectivity index (χ0) is 14.7. The van der Waals surface area contributed by atoms with E-state index in [4.69, 9.17) is 11.6 Å². The second-order valence-corrected chi connectivity index (χ2v) is 4.36. The molecule has 1 N–H and O–H groups in total. The van der Waals surface area contributed by atoms with Crippen molar-refractivity contribution in [1.29, 1.82) is 0 Å². The molecule has 1 heterocycles. The lowest BCUT2D eigenvalue weighted by Crippen LogP contribution is -2.14. The summed E-state index contributed by atoms with van der Waals surface area (Å²) >= 11 is 5.67. The van der Waals surface area contributed by atoms with E-state index < -0.39 is 10.8 Å². The third-order valence-electron chi connectivity index (χ3n) is 2.38.